The Morgan fingerprint density at radius 1 is 0.950 bits per heavy atom. The van der Waals surface area contributed by atoms with Crippen LogP contribution in [-0.4, -0.2) is 13.2 Å². The van der Waals surface area contributed by atoms with Gasteiger partial charge in [-0.2, -0.15) is 0 Å². The first kappa shape index (κ1) is 13.8. The molecule has 1 heterocycles. The van der Waals surface area contributed by atoms with Gasteiger partial charge in [-0.1, -0.05) is 18.2 Å². The van der Waals surface area contributed by atoms with Crippen LogP contribution < -0.4 is 14.8 Å². The molecule has 0 unspecified atom stereocenters. The van der Waals surface area contributed by atoms with E-state index in [4.69, 9.17) is 9.47 Å². The Hall–Kier alpha value is -1.20. The number of ether oxygens (including phenoxy) is 2. The van der Waals surface area contributed by atoms with Crippen LogP contribution in [0, 0.1) is 0 Å². The molecule has 0 spiro atoms. The number of para-hydroxylation sites is 2. The zero-order valence-corrected chi connectivity index (χ0v) is 13.8. The van der Waals surface area contributed by atoms with Gasteiger partial charge in [-0.3, -0.25) is 0 Å². The van der Waals surface area contributed by atoms with E-state index in [0.29, 0.717) is 19.8 Å². The lowest BCUT2D eigenvalue weighted by Gasteiger charge is -2.21. The number of nitrogens with one attached hydrogen (secondary N) is 1. The maximum Gasteiger partial charge on any atom is 0.166 e. The molecule has 0 saturated heterocycles. The fourth-order valence-corrected chi connectivity index (χ4v) is 3.40. The Balaban J connectivity index is 1.82. The lowest BCUT2D eigenvalue weighted by atomic mass is 10.1. The molecule has 0 amide bonds. The van der Waals surface area contributed by atoms with Crippen LogP contribution in [-0.2, 0) is 6.54 Å². The molecule has 104 valence electrons. The van der Waals surface area contributed by atoms with Crippen molar-refractivity contribution in [1.29, 1.82) is 0 Å². The average Bonchev–Trinajstić information content (AvgIpc) is 2.47. The monoisotopic (exact) mass is 397 g/mol. The fourth-order valence-electron chi connectivity index (χ4n) is 2.12. The third-order valence-corrected chi connectivity index (χ3v) is 4.39. The molecule has 5 heteroatoms. The highest BCUT2D eigenvalue weighted by molar-refractivity contribution is 9.11. The molecule has 2 aromatic rings. The van der Waals surface area contributed by atoms with E-state index in [9.17, 15) is 0 Å². The lowest BCUT2D eigenvalue weighted by molar-refractivity contribution is 0.170. The van der Waals surface area contributed by atoms with Crippen LogP contribution in [0.15, 0.2) is 45.3 Å². The van der Waals surface area contributed by atoms with Gasteiger partial charge in [-0.05, 0) is 50.1 Å². The second-order valence-corrected chi connectivity index (χ2v) is 6.10. The molecule has 2 aromatic carbocycles. The number of hydrogen-bond acceptors (Lipinski definition) is 3. The fraction of sp³-hybridized carbons (Fsp3) is 0.200. The molecule has 0 fully saturated rings. The minimum Gasteiger partial charge on any atom is -0.486 e. The molecule has 0 radical (unpaired) electrons. The maximum atomic E-state index is 5.72. The summed E-state index contributed by atoms with van der Waals surface area (Å²) in [6.07, 6.45) is 0. The summed E-state index contributed by atoms with van der Waals surface area (Å²) < 4.78 is 13.4. The predicted octanol–water partition coefficient (Wildman–Crippen LogP) is 4.59. The zero-order chi connectivity index (χ0) is 13.9. The van der Waals surface area contributed by atoms with Gasteiger partial charge in [-0.15, -0.1) is 0 Å². The Bertz CT molecular complexity index is 611. The molecule has 0 bridgehead atoms. The second kappa shape index (κ2) is 6.06. The van der Waals surface area contributed by atoms with Crippen molar-refractivity contribution < 1.29 is 9.47 Å². The highest BCUT2D eigenvalue weighted by Crippen LogP contribution is 2.35. The van der Waals surface area contributed by atoms with Crippen molar-refractivity contribution in [2.45, 2.75) is 6.54 Å². The van der Waals surface area contributed by atoms with Crippen molar-refractivity contribution >= 4 is 37.5 Å². The molecular weight excluding hydrogens is 386 g/mol. The number of halogens is 2. The molecule has 3 rings (SSSR count). The van der Waals surface area contributed by atoms with E-state index in [-0.39, 0.29) is 0 Å². The molecule has 0 aromatic heterocycles. The van der Waals surface area contributed by atoms with Gasteiger partial charge in [0.15, 0.2) is 11.5 Å². The third-order valence-electron chi connectivity index (χ3n) is 3.07. The maximum absolute atomic E-state index is 5.72. The van der Waals surface area contributed by atoms with E-state index < -0.39 is 0 Å². The smallest absolute Gasteiger partial charge is 0.166 e. The van der Waals surface area contributed by atoms with Gasteiger partial charge in [0, 0.05) is 21.1 Å². The lowest BCUT2D eigenvalue weighted by Crippen LogP contribution is -2.17. The standard InChI is InChI=1S/C15H13Br2NO2/c16-11-4-2-5-12(17)14(11)18-9-10-3-1-6-13-15(10)20-8-7-19-13/h1-6,18H,7-9H2. The molecule has 1 aliphatic rings. The highest BCUT2D eigenvalue weighted by atomic mass is 79.9. The normalized spacial score (nSPS) is 13.1. The van der Waals surface area contributed by atoms with E-state index in [1.54, 1.807) is 0 Å². The summed E-state index contributed by atoms with van der Waals surface area (Å²) in [7, 11) is 0. The Kier molecular flexibility index (Phi) is 4.17. The van der Waals surface area contributed by atoms with Crippen molar-refractivity contribution in [3.05, 3.63) is 50.9 Å². The van der Waals surface area contributed by atoms with Gasteiger partial charge in [0.25, 0.3) is 0 Å². The Morgan fingerprint density at radius 2 is 1.65 bits per heavy atom. The minimum atomic E-state index is 0.600. The van der Waals surface area contributed by atoms with Gasteiger partial charge in [0.2, 0.25) is 0 Å². The number of benzene rings is 2. The summed E-state index contributed by atoms with van der Waals surface area (Å²) >= 11 is 7.09. The molecular formula is C15H13Br2NO2. The van der Waals surface area contributed by atoms with Crippen LogP contribution in [0.5, 0.6) is 11.5 Å². The largest absolute Gasteiger partial charge is 0.486 e. The first-order valence-electron chi connectivity index (χ1n) is 6.31. The molecule has 0 saturated carbocycles. The summed E-state index contributed by atoms with van der Waals surface area (Å²) in [4.78, 5) is 0. The summed E-state index contributed by atoms with van der Waals surface area (Å²) in [6, 6.07) is 12.0. The van der Waals surface area contributed by atoms with E-state index in [0.717, 1.165) is 31.7 Å². The molecule has 1 aliphatic heterocycles. The van der Waals surface area contributed by atoms with E-state index in [1.165, 1.54) is 0 Å². The number of anilines is 1. The van der Waals surface area contributed by atoms with Crippen molar-refractivity contribution in [3.63, 3.8) is 0 Å². The van der Waals surface area contributed by atoms with Crippen LogP contribution in [0.2, 0.25) is 0 Å². The van der Waals surface area contributed by atoms with Gasteiger partial charge in [0.05, 0.1) is 5.69 Å². The van der Waals surface area contributed by atoms with Crippen LogP contribution >= 0.6 is 31.9 Å². The summed E-state index contributed by atoms with van der Waals surface area (Å²) in [6.45, 7) is 1.89. The molecule has 1 N–H and O–H groups in total. The Morgan fingerprint density at radius 3 is 2.45 bits per heavy atom. The summed E-state index contributed by atoms with van der Waals surface area (Å²) in [5.74, 6) is 1.66. The van der Waals surface area contributed by atoms with Gasteiger partial charge in [-0.25, -0.2) is 0 Å². The van der Waals surface area contributed by atoms with Crippen molar-refractivity contribution in [3.8, 4) is 11.5 Å². The van der Waals surface area contributed by atoms with Gasteiger partial charge in [0.1, 0.15) is 13.2 Å². The number of rotatable bonds is 3. The van der Waals surface area contributed by atoms with E-state index in [1.807, 2.05) is 36.4 Å². The van der Waals surface area contributed by atoms with Gasteiger partial charge < -0.3 is 14.8 Å². The molecule has 3 nitrogen and oxygen atoms in total. The van der Waals surface area contributed by atoms with Crippen LogP contribution in [0.1, 0.15) is 5.56 Å². The minimum absolute atomic E-state index is 0.600. The molecule has 20 heavy (non-hydrogen) atoms. The third kappa shape index (κ3) is 2.79. The topological polar surface area (TPSA) is 30.5 Å². The van der Waals surface area contributed by atoms with Crippen LogP contribution in [0.4, 0.5) is 5.69 Å². The SMILES string of the molecule is Brc1cccc(Br)c1NCc1cccc2c1OCCO2. The molecule has 0 atom stereocenters. The quantitative estimate of drug-likeness (QED) is 0.819. The van der Waals surface area contributed by atoms with E-state index in [2.05, 4.69) is 37.2 Å². The highest BCUT2D eigenvalue weighted by Gasteiger charge is 2.15. The first-order chi connectivity index (χ1) is 9.75. The Labute approximate surface area is 134 Å². The first-order valence-corrected chi connectivity index (χ1v) is 7.89. The average molecular weight is 399 g/mol. The summed E-state index contributed by atoms with van der Waals surface area (Å²) in [5, 5.41) is 3.42. The van der Waals surface area contributed by atoms with E-state index >= 15 is 0 Å². The van der Waals surface area contributed by atoms with Crippen molar-refractivity contribution in [1.82, 2.24) is 0 Å². The summed E-state index contributed by atoms with van der Waals surface area (Å²) in [5.41, 5.74) is 2.12. The predicted molar refractivity (Wildman–Crippen MR) is 86.6 cm³/mol. The van der Waals surface area contributed by atoms with Crippen molar-refractivity contribution in [2.75, 3.05) is 18.5 Å². The van der Waals surface area contributed by atoms with Crippen LogP contribution in [0.25, 0.3) is 0 Å². The van der Waals surface area contributed by atoms with Crippen molar-refractivity contribution in [2.24, 2.45) is 0 Å². The van der Waals surface area contributed by atoms with Gasteiger partial charge >= 0.3 is 0 Å². The number of fused-ring (bicyclic) bond motifs is 1. The van der Waals surface area contributed by atoms with Crippen LogP contribution in [0.3, 0.4) is 0 Å². The second-order valence-electron chi connectivity index (χ2n) is 4.39. The number of hydrogen-bond donors (Lipinski definition) is 1. The molecule has 0 aliphatic carbocycles. The zero-order valence-electron chi connectivity index (χ0n) is 10.7.